The van der Waals surface area contributed by atoms with Crippen molar-refractivity contribution in [2.24, 2.45) is 0 Å². The van der Waals surface area contributed by atoms with Crippen LogP contribution in [0, 0.1) is 6.92 Å². The molecule has 4 heteroatoms. The molecule has 0 aliphatic carbocycles. The number of pyridine rings is 1. The molecule has 0 saturated carbocycles. The predicted molar refractivity (Wildman–Crippen MR) is 77.1 cm³/mol. The highest BCUT2D eigenvalue weighted by molar-refractivity contribution is 5.70. The van der Waals surface area contributed by atoms with Crippen LogP contribution >= 0.6 is 0 Å². The molecule has 0 bridgehead atoms. The van der Waals surface area contributed by atoms with Crippen LogP contribution in [-0.2, 0) is 6.42 Å². The Morgan fingerprint density at radius 2 is 1.95 bits per heavy atom. The molecule has 1 aromatic heterocycles. The normalized spacial score (nSPS) is 10.3. The van der Waals surface area contributed by atoms with E-state index in [2.05, 4.69) is 28.8 Å². The summed E-state index contributed by atoms with van der Waals surface area (Å²) >= 11 is 0. The van der Waals surface area contributed by atoms with Gasteiger partial charge in [-0.15, -0.1) is 0 Å². The second kappa shape index (κ2) is 6.19. The lowest BCUT2D eigenvalue weighted by Gasteiger charge is -2.09. The molecule has 2 aromatic rings. The predicted octanol–water partition coefficient (Wildman–Crippen LogP) is 4.07. The lowest BCUT2D eigenvalue weighted by atomic mass is 10.00. The van der Waals surface area contributed by atoms with Crippen molar-refractivity contribution in [3.8, 4) is 17.0 Å². The Morgan fingerprint density at radius 3 is 2.55 bits per heavy atom. The highest BCUT2D eigenvalue weighted by Gasteiger charge is 2.11. The summed E-state index contributed by atoms with van der Waals surface area (Å²) in [4.78, 5) is 14.6. The largest absolute Gasteiger partial charge is 0.512 e. The van der Waals surface area contributed by atoms with E-state index < -0.39 is 6.16 Å². The summed E-state index contributed by atoms with van der Waals surface area (Å²) < 4.78 is 4.67. The van der Waals surface area contributed by atoms with Gasteiger partial charge in [0.1, 0.15) is 0 Å². The molecular weight excluding hydrogens is 254 g/mol. The Labute approximate surface area is 118 Å². The molecule has 0 unspecified atom stereocenters. The molecule has 1 heterocycles. The minimum atomic E-state index is -1.35. The number of hydrogen-bond acceptors (Lipinski definition) is 3. The number of benzene rings is 1. The van der Waals surface area contributed by atoms with E-state index in [1.807, 2.05) is 18.2 Å². The maximum absolute atomic E-state index is 10.6. The second-order valence-electron chi connectivity index (χ2n) is 4.60. The maximum Gasteiger partial charge on any atom is 0.512 e. The second-order valence-corrected chi connectivity index (χ2v) is 4.60. The maximum atomic E-state index is 10.6. The molecule has 0 radical (unpaired) electrons. The van der Waals surface area contributed by atoms with Crippen LogP contribution in [0.3, 0.4) is 0 Å². The van der Waals surface area contributed by atoms with Crippen LogP contribution in [0.5, 0.6) is 5.88 Å². The molecule has 0 amide bonds. The lowest BCUT2D eigenvalue weighted by Crippen LogP contribution is -2.06. The van der Waals surface area contributed by atoms with E-state index >= 15 is 0 Å². The Hall–Kier alpha value is -2.36. The van der Waals surface area contributed by atoms with Crippen LogP contribution in [0.4, 0.5) is 4.79 Å². The third-order valence-electron chi connectivity index (χ3n) is 3.15. The zero-order valence-electron chi connectivity index (χ0n) is 11.6. The van der Waals surface area contributed by atoms with Gasteiger partial charge in [-0.25, -0.2) is 9.78 Å². The van der Waals surface area contributed by atoms with E-state index in [0.29, 0.717) is 0 Å². The third-order valence-corrected chi connectivity index (χ3v) is 3.15. The van der Waals surface area contributed by atoms with Gasteiger partial charge in [0.25, 0.3) is 0 Å². The van der Waals surface area contributed by atoms with Crippen molar-refractivity contribution < 1.29 is 14.6 Å². The van der Waals surface area contributed by atoms with E-state index in [1.165, 1.54) is 5.56 Å². The Morgan fingerprint density at radius 1 is 1.25 bits per heavy atom. The van der Waals surface area contributed by atoms with Gasteiger partial charge < -0.3 is 9.84 Å². The summed E-state index contributed by atoms with van der Waals surface area (Å²) in [5, 5.41) is 8.69. The molecule has 0 atom stereocenters. The zero-order chi connectivity index (χ0) is 14.5. The number of rotatable bonds is 4. The zero-order valence-corrected chi connectivity index (χ0v) is 11.6. The van der Waals surface area contributed by atoms with Gasteiger partial charge in [-0.2, -0.15) is 0 Å². The Balaban J connectivity index is 2.34. The molecule has 2 rings (SSSR count). The van der Waals surface area contributed by atoms with Crippen molar-refractivity contribution in [3.05, 3.63) is 47.7 Å². The first-order chi connectivity index (χ1) is 9.61. The number of nitrogens with zero attached hydrogens (tertiary/aromatic N) is 1. The van der Waals surface area contributed by atoms with Gasteiger partial charge in [-0.3, -0.25) is 0 Å². The van der Waals surface area contributed by atoms with Gasteiger partial charge in [-0.1, -0.05) is 37.6 Å². The molecule has 1 N–H and O–H groups in total. The van der Waals surface area contributed by atoms with Crippen LogP contribution in [0.2, 0.25) is 0 Å². The number of ether oxygens (including phenoxy) is 1. The van der Waals surface area contributed by atoms with E-state index in [0.717, 1.165) is 29.5 Å². The summed E-state index contributed by atoms with van der Waals surface area (Å²) in [6, 6.07) is 10.1. The van der Waals surface area contributed by atoms with Crippen LogP contribution in [0.15, 0.2) is 36.5 Å². The minimum Gasteiger partial charge on any atom is -0.449 e. The van der Waals surface area contributed by atoms with Crippen molar-refractivity contribution in [1.82, 2.24) is 4.98 Å². The molecule has 0 saturated heterocycles. The minimum absolute atomic E-state index is 0.132. The molecule has 104 valence electrons. The van der Waals surface area contributed by atoms with E-state index in [1.54, 1.807) is 13.1 Å². The lowest BCUT2D eigenvalue weighted by molar-refractivity contribution is 0.142. The first kappa shape index (κ1) is 14.1. The number of carbonyl (C=O) groups is 1. The SMILES string of the molecule is CCCc1ccc(-c2ccnc(OC(=O)O)c2C)cc1. The van der Waals surface area contributed by atoms with Crippen molar-refractivity contribution in [1.29, 1.82) is 0 Å². The number of aromatic nitrogens is 1. The van der Waals surface area contributed by atoms with Gasteiger partial charge in [0.15, 0.2) is 0 Å². The van der Waals surface area contributed by atoms with E-state index in [-0.39, 0.29) is 5.88 Å². The summed E-state index contributed by atoms with van der Waals surface area (Å²) in [6.07, 6.45) is 2.38. The molecule has 4 nitrogen and oxygen atoms in total. The van der Waals surface area contributed by atoms with Crippen molar-refractivity contribution in [2.45, 2.75) is 26.7 Å². The van der Waals surface area contributed by atoms with Gasteiger partial charge in [-0.05, 0) is 36.1 Å². The van der Waals surface area contributed by atoms with Crippen molar-refractivity contribution in [3.63, 3.8) is 0 Å². The van der Waals surface area contributed by atoms with Crippen molar-refractivity contribution in [2.75, 3.05) is 0 Å². The first-order valence-corrected chi connectivity index (χ1v) is 6.57. The molecule has 0 fully saturated rings. The fourth-order valence-electron chi connectivity index (χ4n) is 2.15. The van der Waals surface area contributed by atoms with Gasteiger partial charge >= 0.3 is 6.16 Å². The Bertz CT molecular complexity index is 606. The summed E-state index contributed by atoms with van der Waals surface area (Å²) in [6.45, 7) is 3.96. The molecule has 0 aliphatic rings. The first-order valence-electron chi connectivity index (χ1n) is 6.57. The molecule has 20 heavy (non-hydrogen) atoms. The monoisotopic (exact) mass is 271 g/mol. The van der Waals surface area contributed by atoms with Crippen molar-refractivity contribution >= 4 is 6.16 Å². The molecular formula is C16H17NO3. The Kier molecular flexibility index (Phi) is 4.35. The van der Waals surface area contributed by atoms with Crippen LogP contribution in [-0.4, -0.2) is 16.2 Å². The van der Waals surface area contributed by atoms with Gasteiger partial charge in [0.2, 0.25) is 5.88 Å². The highest BCUT2D eigenvalue weighted by atomic mass is 16.7. The molecule has 0 aliphatic heterocycles. The van der Waals surface area contributed by atoms with Crippen LogP contribution < -0.4 is 4.74 Å². The summed E-state index contributed by atoms with van der Waals surface area (Å²) in [5.74, 6) is 0.132. The number of carboxylic acid groups (broad SMARTS) is 1. The average molecular weight is 271 g/mol. The van der Waals surface area contributed by atoms with E-state index in [4.69, 9.17) is 5.11 Å². The fraction of sp³-hybridized carbons (Fsp3) is 0.250. The smallest absolute Gasteiger partial charge is 0.449 e. The summed E-state index contributed by atoms with van der Waals surface area (Å²) in [7, 11) is 0. The molecule has 0 spiro atoms. The quantitative estimate of drug-likeness (QED) is 0.852. The standard InChI is InChI=1S/C16H17NO3/c1-3-4-12-5-7-13(8-6-12)14-9-10-17-15(11(14)2)20-16(18)19/h5-10H,3-4H2,1-2H3,(H,18,19). The third kappa shape index (κ3) is 3.15. The number of aryl methyl sites for hydroxylation is 1. The molecule has 1 aromatic carbocycles. The fourth-order valence-corrected chi connectivity index (χ4v) is 2.15. The van der Waals surface area contributed by atoms with E-state index in [9.17, 15) is 4.79 Å². The van der Waals surface area contributed by atoms with Crippen LogP contribution in [0.25, 0.3) is 11.1 Å². The average Bonchev–Trinajstić information content (AvgIpc) is 2.42. The van der Waals surface area contributed by atoms with Crippen LogP contribution in [0.1, 0.15) is 24.5 Å². The summed E-state index contributed by atoms with van der Waals surface area (Å²) in [5.41, 5.74) is 3.97. The number of hydrogen-bond donors (Lipinski definition) is 1. The van der Waals surface area contributed by atoms with Gasteiger partial charge in [0.05, 0.1) is 0 Å². The topological polar surface area (TPSA) is 59.4 Å². The highest BCUT2D eigenvalue weighted by Crippen LogP contribution is 2.28. The van der Waals surface area contributed by atoms with Gasteiger partial charge in [0, 0.05) is 11.8 Å².